The summed E-state index contributed by atoms with van der Waals surface area (Å²) < 4.78 is 0.854. The van der Waals surface area contributed by atoms with E-state index in [9.17, 15) is 5.11 Å². The fraction of sp³-hybridized carbons (Fsp3) is 0. The van der Waals surface area contributed by atoms with Gasteiger partial charge in [0.05, 0.1) is 10.2 Å². The second kappa shape index (κ2) is 3.49. The summed E-state index contributed by atoms with van der Waals surface area (Å²) in [5.41, 5.74) is 0.528. The second-order valence-corrected chi connectivity index (χ2v) is 2.75. The Kier molecular flexibility index (Phi) is 2.84. The third-order valence-electron chi connectivity index (χ3n) is 1.21. The average Bonchev–Trinajstić information content (AvgIpc) is 2.34. The van der Waals surface area contributed by atoms with Gasteiger partial charge >= 0.3 is 29.6 Å². The molecule has 2 heterocycles. The molecule has 0 bridgehead atoms. The van der Waals surface area contributed by atoms with Gasteiger partial charge < -0.3 is 5.11 Å². The third kappa shape index (κ3) is 1.54. The Balaban J connectivity index is 0.000000605. The molecular formula is C6H3N2NaOS. The van der Waals surface area contributed by atoms with Gasteiger partial charge in [-0.3, -0.25) is 0 Å². The molecule has 5 heteroatoms. The van der Waals surface area contributed by atoms with Gasteiger partial charge in [0.25, 0.3) is 0 Å². The minimum atomic E-state index is -0.0117. The van der Waals surface area contributed by atoms with E-state index in [1.54, 1.807) is 11.6 Å². The van der Waals surface area contributed by atoms with Crippen LogP contribution in [-0.4, -0.2) is 9.97 Å². The number of nitrogens with zero attached hydrogens (tertiary/aromatic N) is 2. The van der Waals surface area contributed by atoms with E-state index in [2.05, 4.69) is 9.97 Å². The van der Waals surface area contributed by atoms with E-state index >= 15 is 0 Å². The largest absolute Gasteiger partial charge is 1.00 e. The predicted molar refractivity (Wildman–Crippen MR) is 36.9 cm³/mol. The first kappa shape index (κ1) is 8.93. The molecule has 0 aliphatic rings. The van der Waals surface area contributed by atoms with E-state index in [-0.39, 0.29) is 35.3 Å². The molecule has 50 valence electrons. The van der Waals surface area contributed by atoms with E-state index in [1.165, 1.54) is 17.7 Å². The molecule has 0 atom stereocenters. The van der Waals surface area contributed by atoms with Gasteiger partial charge in [0, 0.05) is 6.20 Å². The Hall–Kier alpha value is -0.160. The van der Waals surface area contributed by atoms with Gasteiger partial charge in [-0.25, -0.2) is 9.97 Å². The second-order valence-electron chi connectivity index (χ2n) is 1.84. The minimum Gasteiger partial charge on any atom is -0.870 e. The molecule has 2 rings (SSSR count). The first-order valence-electron chi connectivity index (χ1n) is 2.72. The summed E-state index contributed by atoms with van der Waals surface area (Å²) in [6, 6.07) is 0. The Labute approximate surface area is 89.4 Å². The fourth-order valence-corrected chi connectivity index (χ4v) is 1.49. The van der Waals surface area contributed by atoms with Crippen molar-refractivity contribution >= 4 is 21.6 Å². The zero-order chi connectivity index (χ0) is 6.97. The first-order chi connectivity index (χ1) is 4.88. The summed E-state index contributed by atoms with van der Waals surface area (Å²) in [7, 11) is 0. The zero-order valence-corrected chi connectivity index (χ0v) is 8.76. The Morgan fingerprint density at radius 3 is 3.00 bits per heavy atom. The summed E-state index contributed by atoms with van der Waals surface area (Å²) in [5, 5.41) is 12.4. The van der Waals surface area contributed by atoms with Crippen LogP contribution in [0.5, 0.6) is 5.75 Å². The van der Waals surface area contributed by atoms with Gasteiger partial charge in [-0.1, -0.05) is 5.75 Å². The number of fused-ring (bicyclic) bond motifs is 1. The maximum absolute atomic E-state index is 10.9. The molecule has 3 nitrogen and oxygen atoms in total. The molecule has 2 aromatic heterocycles. The van der Waals surface area contributed by atoms with Crippen molar-refractivity contribution < 1.29 is 34.7 Å². The maximum Gasteiger partial charge on any atom is 1.00 e. The van der Waals surface area contributed by atoms with Crippen LogP contribution < -0.4 is 34.7 Å². The van der Waals surface area contributed by atoms with Crippen LogP contribution in [0.1, 0.15) is 0 Å². The first-order valence-corrected chi connectivity index (χ1v) is 3.60. The zero-order valence-electron chi connectivity index (χ0n) is 5.94. The van der Waals surface area contributed by atoms with Crippen LogP contribution in [0, 0.1) is 0 Å². The Morgan fingerprint density at radius 2 is 2.27 bits per heavy atom. The molecule has 0 N–H and O–H groups in total. The number of aromatic nitrogens is 2. The van der Waals surface area contributed by atoms with E-state index in [1.807, 2.05) is 0 Å². The molecule has 0 radical (unpaired) electrons. The van der Waals surface area contributed by atoms with E-state index < -0.39 is 0 Å². The van der Waals surface area contributed by atoms with Gasteiger partial charge in [0.15, 0.2) is 0 Å². The smallest absolute Gasteiger partial charge is 0.870 e. The average molecular weight is 174 g/mol. The number of rotatable bonds is 0. The molecule has 0 aliphatic carbocycles. The van der Waals surface area contributed by atoms with Crippen molar-refractivity contribution in [3.8, 4) is 5.75 Å². The number of hydrogen-bond acceptors (Lipinski definition) is 4. The number of thiophene rings is 1. The summed E-state index contributed by atoms with van der Waals surface area (Å²) in [6.45, 7) is 0. The van der Waals surface area contributed by atoms with Crippen molar-refractivity contribution in [3.05, 3.63) is 17.9 Å². The molecule has 2 aromatic rings. The Morgan fingerprint density at radius 1 is 1.45 bits per heavy atom. The van der Waals surface area contributed by atoms with Crippen molar-refractivity contribution in [1.29, 1.82) is 0 Å². The van der Waals surface area contributed by atoms with Crippen LogP contribution in [0.4, 0.5) is 0 Å². The molecule has 0 aromatic carbocycles. The normalized spacial score (nSPS) is 9.45. The molecule has 11 heavy (non-hydrogen) atoms. The van der Waals surface area contributed by atoms with Crippen LogP contribution in [0.2, 0.25) is 0 Å². The maximum atomic E-state index is 10.9. The quantitative estimate of drug-likeness (QED) is 0.425. The molecular weight excluding hydrogens is 171 g/mol. The van der Waals surface area contributed by atoms with Crippen LogP contribution in [0.3, 0.4) is 0 Å². The summed E-state index contributed by atoms with van der Waals surface area (Å²) >= 11 is 1.38. The SMILES string of the molecule is [Na+].[O-]c1csc2cncnc12. The summed E-state index contributed by atoms with van der Waals surface area (Å²) in [4.78, 5) is 7.61. The van der Waals surface area contributed by atoms with Crippen molar-refractivity contribution in [1.82, 2.24) is 9.97 Å². The molecule has 0 amide bonds. The van der Waals surface area contributed by atoms with Crippen LogP contribution in [0.25, 0.3) is 10.2 Å². The van der Waals surface area contributed by atoms with E-state index in [4.69, 9.17) is 0 Å². The van der Waals surface area contributed by atoms with Crippen molar-refractivity contribution in [3.63, 3.8) is 0 Å². The van der Waals surface area contributed by atoms with Crippen molar-refractivity contribution in [2.45, 2.75) is 0 Å². The molecule has 0 spiro atoms. The monoisotopic (exact) mass is 174 g/mol. The van der Waals surface area contributed by atoms with Gasteiger partial charge in [-0.2, -0.15) is 0 Å². The van der Waals surface area contributed by atoms with Crippen molar-refractivity contribution in [2.24, 2.45) is 0 Å². The van der Waals surface area contributed by atoms with Crippen molar-refractivity contribution in [2.75, 3.05) is 0 Å². The van der Waals surface area contributed by atoms with Gasteiger partial charge in [0.2, 0.25) is 0 Å². The number of hydrogen-bond donors (Lipinski definition) is 0. The van der Waals surface area contributed by atoms with Gasteiger partial charge in [-0.15, -0.1) is 11.3 Å². The summed E-state index contributed by atoms with van der Waals surface area (Å²) in [6.07, 6.45) is 3.03. The molecule has 0 saturated carbocycles. The third-order valence-corrected chi connectivity index (χ3v) is 2.09. The fourth-order valence-electron chi connectivity index (χ4n) is 0.761. The summed E-state index contributed by atoms with van der Waals surface area (Å²) in [5.74, 6) is -0.0117. The van der Waals surface area contributed by atoms with Gasteiger partial charge in [0.1, 0.15) is 6.33 Å². The standard InChI is InChI=1S/C6H4N2OS.Na/c9-4-2-10-5-1-7-3-8-6(4)5;/h1-3,9H;/q;+1/p-1. The molecule has 0 saturated heterocycles. The minimum absolute atomic E-state index is 0. The van der Waals surface area contributed by atoms with Crippen LogP contribution in [0.15, 0.2) is 17.9 Å². The predicted octanol–water partition coefficient (Wildman–Crippen LogP) is -2.23. The van der Waals surface area contributed by atoms with E-state index in [0.717, 1.165) is 4.70 Å². The Bertz CT molecular complexity index is 362. The van der Waals surface area contributed by atoms with Crippen LogP contribution >= 0.6 is 11.3 Å². The topological polar surface area (TPSA) is 48.8 Å². The molecule has 0 fully saturated rings. The molecule has 0 unspecified atom stereocenters. The molecule has 0 aliphatic heterocycles. The van der Waals surface area contributed by atoms with Gasteiger partial charge in [-0.05, 0) is 5.38 Å². The van der Waals surface area contributed by atoms with E-state index in [0.29, 0.717) is 5.52 Å². The van der Waals surface area contributed by atoms with Crippen LogP contribution in [-0.2, 0) is 0 Å².